The predicted molar refractivity (Wildman–Crippen MR) is 73.7 cm³/mol. The minimum absolute atomic E-state index is 0.0102. The van der Waals surface area contributed by atoms with Gasteiger partial charge in [-0.05, 0) is 44.1 Å². The summed E-state index contributed by atoms with van der Waals surface area (Å²) >= 11 is 6.14. The van der Waals surface area contributed by atoms with Crippen molar-refractivity contribution < 1.29 is 9.47 Å². The van der Waals surface area contributed by atoms with Gasteiger partial charge in [-0.15, -0.1) is 0 Å². The maximum Gasteiger partial charge on any atom is 0.122 e. The first-order valence-electron chi connectivity index (χ1n) is 6.25. The molecular formula is C14H20ClNO2. The van der Waals surface area contributed by atoms with Gasteiger partial charge in [0.2, 0.25) is 0 Å². The molecular weight excluding hydrogens is 250 g/mol. The second-order valence-corrected chi connectivity index (χ2v) is 5.24. The standard InChI is InChI=1S/C14H20ClNO2/c1-17-10-14(5-7-16-8-6-14)12-9-11(15)3-4-13(12)18-2/h3-4,9,16H,5-8,10H2,1-2H3. The molecule has 18 heavy (non-hydrogen) atoms. The Hall–Kier alpha value is -0.770. The zero-order valence-corrected chi connectivity index (χ0v) is 11.7. The third kappa shape index (κ3) is 2.63. The first kappa shape index (κ1) is 13.7. The summed E-state index contributed by atoms with van der Waals surface area (Å²) in [5, 5.41) is 4.14. The van der Waals surface area contributed by atoms with Crippen LogP contribution in [0.1, 0.15) is 18.4 Å². The smallest absolute Gasteiger partial charge is 0.122 e. The molecule has 1 heterocycles. The van der Waals surface area contributed by atoms with Crippen molar-refractivity contribution in [1.29, 1.82) is 0 Å². The molecule has 1 aliphatic rings. The van der Waals surface area contributed by atoms with Crippen molar-refractivity contribution in [3.63, 3.8) is 0 Å². The Morgan fingerprint density at radius 1 is 1.28 bits per heavy atom. The van der Waals surface area contributed by atoms with Gasteiger partial charge in [0, 0.05) is 23.1 Å². The fourth-order valence-electron chi connectivity index (χ4n) is 2.77. The molecule has 0 bridgehead atoms. The Kier molecular flexibility index (Phi) is 4.49. The summed E-state index contributed by atoms with van der Waals surface area (Å²) in [6.07, 6.45) is 2.08. The fourth-order valence-corrected chi connectivity index (χ4v) is 2.94. The van der Waals surface area contributed by atoms with Crippen LogP contribution in [0.15, 0.2) is 18.2 Å². The van der Waals surface area contributed by atoms with Gasteiger partial charge in [0.05, 0.1) is 13.7 Å². The van der Waals surface area contributed by atoms with Crippen LogP contribution in [0.5, 0.6) is 5.75 Å². The molecule has 0 amide bonds. The van der Waals surface area contributed by atoms with Gasteiger partial charge in [-0.3, -0.25) is 0 Å². The predicted octanol–water partition coefficient (Wildman–Crippen LogP) is 2.62. The zero-order chi connectivity index (χ0) is 13.0. The van der Waals surface area contributed by atoms with Crippen LogP contribution in [-0.4, -0.2) is 33.9 Å². The first-order chi connectivity index (χ1) is 8.72. The van der Waals surface area contributed by atoms with E-state index < -0.39 is 0 Å². The van der Waals surface area contributed by atoms with Crippen molar-refractivity contribution in [3.8, 4) is 5.75 Å². The highest BCUT2D eigenvalue weighted by molar-refractivity contribution is 6.30. The second-order valence-electron chi connectivity index (χ2n) is 4.81. The highest BCUT2D eigenvalue weighted by atomic mass is 35.5. The molecule has 0 atom stereocenters. The van der Waals surface area contributed by atoms with E-state index in [4.69, 9.17) is 21.1 Å². The molecule has 3 nitrogen and oxygen atoms in total. The number of benzene rings is 1. The van der Waals surface area contributed by atoms with Crippen molar-refractivity contribution >= 4 is 11.6 Å². The van der Waals surface area contributed by atoms with Crippen molar-refractivity contribution in [2.75, 3.05) is 33.9 Å². The van der Waals surface area contributed by atoms with E-state index >= 15 is 0 Å². The van der Waals surface area contributed by atoms with E-state index in [0.29, 0.717) is 6.61 Å². The Morgan fingerprint density at radius 2 is 2.00 bits per heavy atom. The third-order valence-electron chi connectivity index (χ3n) is 3.71. The van der Waals surface area contributed by atoms with E-state index in [1.165, 1.54) is 5.56 Å². The van der Waals surface area contributed by atoms with E-state index in [1.54, 1.807) is 14.2 Å². The molecule has 0 saturated carbocycles. The topological polar surface area (TPSA) is 30.5 Å². The molecule has 0 spiro atoms. The van der Waals surface area contributed by atoms with Crippen molar-refractivity contribution in [2.24, 2.45) is 0 Å². The van der Waals surface area contributed by atoms with Crippen LogP contribution in [-0.2, 0) is 10.2 Å². The van der Waals surface area contributed by atoms with Crippen LogP contribution in [0.4, 0.5) is 0 Å². The molecule has 4 heteroatoms. The van der Waals surface area contributed by atoms with Gasteiger partial charge in [0.25, 0.3) is 0 Å². The number of piperidine rings is 1. The summed E-state index contributed by atoms with van der Waals surface area (Å²) < 4.78 is 10.9. The molecule has 1 fully saturated rings. The summed E-state index contributed by atoms with van der Waals surface area (Å²) in [6, 6.07) is 5.83. The van der Waals surface area contributed by atoms with E-state index in [-0.39, 0.29) is 5.41 Å². The lowest BCUT2D eigenvalue weighted by molar-refractivity contribution is 0.106. The maximum atomic E-state index is 6.14. The minimum Gasteiger partial charge on any atom is -0.496 e. The molecule has 0 aliphatic carbocycles. The lowest BCUT2D eigenvalue weighted by Gasteiger charge is -2.38. The second kappa shape index (κ2) is 5.91. The Bertz CT molecular complexity index is 397. The van der Waals surface area contributed by atoms with Gasteiger partial charge in [-0.2, -0.15) is 0 Å². The summed E-state index contributed by atoms with van der Waals surface area (Å²) in [5.74, 6) is 0.901. The zero-order valence-electron chi connectivity index (χ0n) is 11.0. The van der Waals surface area contributed by atoms with Gasteiger partial charge < -0.3 is 14.8 Å². The summed E-state index contributed by atoms with van der Waals surface area (Å²) in [4.78, 5) is 0. The SMILES string of the molecule is COCC1(c2cc(Cl)ccc2OC)CCNCC1. The van der Waals surface area contributed by atoms with E-state index in [0.717, 1.165) is 36.7 Å². The lowest BCUT2D eigenvalue weighted by Crippen LogP contribution is -2.43. The van der Waals surface area contributed by atoms with Crippen LogP contribution in [0.25, 0.3) is 0 Å². The molecule has 1 saturated heterocycles. The van der Waals surface area contributed by atoms with Gasteiger partial charge in [-0.1, -0.05) is 11.6 Å². The molecule has 1 aliphatic heterocycles. The van der Waals surface area contributed by atoms with E-state index in [9.17, 15) is 0 Å². The number of rotatable bonds is 4. The van der Waals surface area contributed by atoms with Gasteiger partial charge in [-0.25, -0.2) is 0 Å². The molecule has 1 aromatic carbocycles. The van der Waals surface area contributed by atoms with Gasteiger partial charge >= 0.3 is 0 Å². The van der Waals surface area contributed by atoms with E-state index in [1.807, 2.05) is 18.2 Å². The molecule has 1 N–H and O–H groups in total. The average Bonchev–Trinajstić information content (AvgIpc) is 2.40. The molecule has 1 aromatic rings. The maximum absolute atomic E-state index is 6.14. The van der Waals surface area contributed by atoms with Crippen molar-refractivity contribution in [3.05, 3.63) is 28.8 Å². The highest BCUT2D eigenvalue weighted by Crippen LogP contribution is 2.40. The van der Waals surface area contributed by atoms with Crippen molar-refractivity contribution in [2.45, 2.75) is 18.3 Å². The lowest BCUT2D eigenvalue weighted by atomic mass is 9.73. The largest absolute Gasteiger partial charge is 0.496 e. The molecule has 100 valence electrons. The van der Waals surface area contributed by atoms with Crippen LogP contribution in [0, 0.1) is 0 Å². The van der Waals surface area contributed by atoms with Crippen LogP contribution in [0.2, 0.25) is 5.02 Å². The first-order valence-corrected chi connectivity index (χ1v) is 6.63. The minimum atomic E-state index is 0.0102. The molecule has 0 radical (unpaired) electrons. The van der Waals surface area contributed by atoms with Gasteiger partial charge in [0.1, 0.15) is 5.75 Å². The summed E-state index contributed by atoms with van der Waals surface area (Å²) in [6.45, 7) is 2.70. The third-order valence-corrected chi connectivity index (χ3v) is 3.95. The van der Waals surface area contributed by atoms with Gasteiger partial charge in [0.15, 0.2) is 0 Å². The molecule has 0 unspecified atom stereocenters. The van der Waals surface area contributed by atoms with Crippen LogP contribution >= 0.6 is 11.6 Å². The Morgan fingerprint density at radius 3 is 2.61 bits per heavy atom. The number of hydrogen-bond donors (Lipinski definition) is 1. The highest BCUT2D eigenvalue weighted by Gasteiger charge is 2.36. The summed E-state index contributed by atoms with van der Waals surface area (Å²) in [5.41, 5.74) is 1.18. The van der Waals surface area contributed by atoms with Crippen molar-refractivity contribution in [1.82, 2.24) is 5.32 Å². The molecule has 0 aromatic heterocycles. The monoisotopic (exact) mass is 269 g/mol. The summed E-state index contributed by atoms with van der Waals surface area (Å²) in [7, 11) is 3.45. The normalized spacial score (nSPS) is 18.6. The van der Waals surface area contributed by atoms with Crippen LogP contribution in [0.3, 0.4) is 0 Å². The number of ether oxygens (including phenoxy) is 2. The van der Waals surface area contributed by atoms with Crippen LogP contribution < -0.4 is 10.1 Å². The van der Waals surface area contributed by atoms with E-state index in [2.05, 4.69) is 5.32 Å². The average molecular weight is 270 g/mol. The molecule has 2 rings (SSSR count). The fraction of sp³-hybridized carbons (Fsp3) is 0.571. The Balaban J connectivity index is 2.43. The number of methoxy groups -OCH3 is 2. The number of hydrogen-bond acceptors (Lipinski definition) is 3. The quantitative estimate of drug-likeness (QED) is 0.912. The number of halogens is 1. The Labute approximate surface area is 113 Å². The number of nitrogens with one attached hydrogen (secondary N) is 1.